The molecular weight excluding hydrogens is 282 g/mol. The first kappa shape index (κ1) is 15.0. The van der Waals surface area contributed by atoms with Gasteiger partial charge in [-0.15, -0.1) is 0 Å². The third-order valence-corrected chi connectivity index (χ3v) is 4.88. The highest BCUT2D eigenvalue weighted by atomic mass is 16.5. The highest BCUT2D eigenvalue weighted by molar-refractivity contribution is 5.89. The van der Waals surface area contributed by atoms with Crippen molar-refractivity contribution in [3.63, 3.8) is 0 Å². The smallest absolute Gasteiger partial charge is 0.307 e. The zero-order valence-corrected chi connectivity index (χ0v) is 12.5. The molecule has 2 fully saturated rings. The van der Waals surface area contributed by atoms with E-state index in [1.165, 1.54) is 5.56 Å². The van der Waals surface area contributed by atoms with E-state index in [1.807, 2.05) is 18.2 Å². The van der Waals surface area contributed by atoms with Gasteiger partial charge in [-0.1, -0.05) is 30.3 Å². The van der Waals surface area contributed by atoms with Gasteiger partial charge >= 0.3 is 5.97 Å². The van der Waals surface area contributed by atoms with Gasteiger partial charge in [-0.05, 0) is 24.8 Å². The fraction of sp³-hybridized carbons (Fsp3) is 0.529. The molecule has 1 saturated heterocycles. The van der Waals surface area contributed by atoms with Crippen molar-refractivity contribution in [2.75, 3.05) is 19.8 Å². The summed E-state index contributed by atoms with van der Waals surface area (Å²) in [5.41, 5.74) is 1.10. The molecule has 0 aromatic heterocycles. The minimum absolute atomic E-state index is 0.108. The highest BCUT2D eigenvalue weighted by Gasteiger charge is 2.48. The normalized spacial score (nSPS) is 26.2. The molecule has 0 radical (unpaired) electrons. The maximum Gasteiger partial charge on any atom is 0.307 e. The molecule has 0 spiro atoms. The van der Waals surface area contributed by atoms with Gasteiger partial charge in [-0.3, -0.25) is 9.59 Å². The first-order valence-electron chi connectivity index (χ1n) is 7.76. The Hall–Kier alpha value is -1.88. The summed E-state index contributed by atoms with van der Waals surface area (Å²) in [6, 6.07) is 10.2. The fourth-order valence-corrected chi connectivity index (χ4v) is 3.27. The van der Waals surface area contributed by atoms with E-state index >= 15 is 0 Å². The van der Waals surface area contributed by atoms with E-state index in [0.29, 0.717) is 26.2 Å². The molecule has 2 aliphatic rings. The number of rotatable bonds is 5. The van der Waals surface area contributed by atoms with Crippen molar-refractivity contribution >= 4 is 11.9 Å². The van der Waals surface area contributed by atoms with Gasteiger partial charge in [-0.2, -0.15) is 0 Å². The number of carbonyl (C=O) groups excluding carboxylic acids is 1. The Morgan fingerprint density at radius 3 is 2.45 bits per heavy atom. The van der Waals surface area contributed by atoms with Crippen LogP contribution >= 0.6 is 0 Å². The van der Waals surface area contributed by atoms with Crippen molar-refractivity contribution in [3.8, 4) is 0 Å². The third kappa shape index (κ3) is 2.99. The van der Waals surface area contributed by atoms with E-state index in [2.05, 4.69) is 17.4 Å². The second-order valence-electron chi connectivity index (χ2n) is 6.26. The van der Waals surface area contributed by atoms with Crippen molar-refractivity contribution < 1.29 is 19.4 Å². The van der Waals surface area contributed by atoms with Crippen molar-refractivity contribution in [1.29, 1.82) is 0 Å². The molecule has 1 aromatic rings. The van der Waals surface area contributed by atoms with Crippen molar-refractivity contribution in [2.24, 2.45) is 11.8 Å². The number of nitrogens with one attached hydrogen (secondary N) is 1. The number of hydrogen-bond acceptors (Lipinski definition) is 3. The molecule has 1 aliphatic carbocycles. The SMILES string of the molecule is O=C(O)[C@H]1C[C@@H]1C(=O)NCC1(c2ccccc2)CCOCC1. The molecule has 0 unspecified atom stereocenters. The second-order valence-corrected chi connectivity index (χ2v) is 6.26. The molecular formula is C17H21NO4. The molecule has 22 heavy (non-hydrogen) atoms. The zero-order chi connectivity index (χ0) is 15.6. The van der Waals surface area contributed by atoms with E-state index in [9.17, 15) is 9.59 Å². The van der Waals surface area contributed by atoms with Crippen LogP contribution in [0.3, 0.4) is 0 Å². The summed E-state index contributed by atoms with van der Waals surface area (Å²) in [5, 5.41) is 11.9. The number of amides is 1. The largest absolute Gasteiger partial charge is 0.481 e. The first-order valence-corrected chi connectivity index (χ1v) is 7.76. The van der Waals surface area contributed by atoms with Gasteiger partial charge in [0.25, 0.3) is 0 Å². The number of hydrogen-bond donors (Lipinski definition) is 2. The van der Waals surface area contributed by atoms with Crippen LogP contribution in [0.25, 0.3) is 0 Å². The van der Waals surface area contributed by atoms with Crippen LogP contribution in [0.1, 0.15) is 24.8 Å². The number of carbonyl (C=O) groups is 2. The van der Waals surface area contributed by atoms with Gasteiger partial charge in [0, 0.05) is 25.2 Å². The molecule has 1 heterocycles. The van der Waals surface area contributed by atoms with Crippen molar-refractivity contribution in [1.82, 2.24) is 5.32 Å². The van der Waals surface area contributed by atoms with E-state index in [0.717, 1.165) is 12.8 Å². The Balaban J connectivity index is 1.67. The van der Waals surface area contributed by atoms with E-state index in [-0.39, 0.29) is 17.2 Å². The quantitative estimate of drug-likeness (QED) is 0.866. The molecule has 5 heteroatoms. The number of carboxylic acids is 1. The number of ether oxygens (including phenoxy) is 1. The van der Waals surface area contributed by atoms with Crippen molar-refractivity contribution in [2.45, 2.75) is 24.7 Å². The number of carboxylic acid groups (broad SMARTS) is 1. The number of benzene rings is 1. The summed E-state index contributed by atoms with van der Waals surface area (Å²) in [7, 11) is 0. The van der Waals surface area contributed by atoms with Crippen LogP contribution < -0.4 is 5.32 Å². The lowest BCUT2D eigenvalue weighted by atomic mass is 9.74. The maximum absolute atomic E-state index is 12.1. The molecule has 1 aliphatic heterocycles. The molecule has 1 aromatic carbocycles. The van der Waals surface area contributed by atoms with E-state index < -0.39 is 11.9 Å². The third-order valence-electron chi connectivity index (χ3n) is 4.88. The molecule has 1 saturated carbocycles. The standard InChI is InChI=1S/C17H21NO4/c19-15(13-10-14(13)16(20)21)18-11-17(6-8-22-9-7-17)12-4-2-1-3-5-12/h1-5,13-14H,6-11H2,(H,18,19)(H,20,21)/t13-,14-/m0/s1. The summed E-state index contributed by atoms with van der Waals surface area (Å²) in [6.45, 7) is 1.92. The Labute approximate surface area is 129 Å². The van der Waals surface area contributed by atoms with Gasteiger partial charge in [0.1, 0.15) is 0 Å². The van der Waals surface area contributed by atoms with Crippen LogP contribution in [0, 0.1) is 11.8 Å². The Morgan fingerprint density at radius 1 is 1.18 bits per heavy atom. The van der Waals surface area contributed by atoms with Gasteiger partial charge in [0.15, 0.2) is 0 Å². The van der Waals surface area contributed by atoms with Crippen molar-refractivity contribution in [3.05, 3.63) is 35.9 Å². The number of aliphatic carboxylic acids is 1. The topological polar surface area (TPSA) is 75.6 Å². The zero-order valence-electron chi connectivity index (χ0n) is 12.5. The Morgan fingerprint density at radius 2 is 1.86 bits per heavy atom. The summed E-state index contributed by atoms with van der Waals surface area (Å²) < 4.78 is 5.47. The Bertz CT molecular complexity index is 551. The van der Waals surface area contributed by atoms with Crippen LogP contribution in [0.5, 0.6) is 0 Å². The maximum atomic E-state index is 12.1. The average molecular weight is 303 g/mol. The first-order chi connectivity index (χ1) is 10.6. The minimum Gasteiger partial charge on any atom is -0.481 e. The van der Waals surface area contributed by atoms with Crippen LogP contribution in [-0.4, -0.2) is 36.7 Å². The lowest BCUT2D eigenvalue weighted by molar-refractivity contribution is -0.140. The van der Waals surface area contributed by atoms with E-state index in [4.69, 9.17) is 9.84 Å². The van der Waals surface area contributed by atoms with Crippen LogP contribution in [0.2, 0.25) is 0 Å². The molecule has 118 valence electrons. The van der Waals surface area contributed by atoms with Gasteiger partial charge < -0.3 is 15.2 Å². The fourth-order valence-electron chi connectivity index (χ4n) is 3.27. The second kappa shape index (κ2) is 6.08. The average Bonchev–Trinajstić information content (AvgIpc) is 3.35. The van der Waals surface area contributed by atoms with Crippen LogP contribution in [-0.2, 0) is 19.7 Å². The summed E-state index contributed by atoms with van der Waals surface area (Å²) in [6.07, 6.45) is 2.19. The lowest BCUT2D eigenvalue weighted by Crippen LogP contribution is -2.45. The Kier molecular flexibility index (Phi) is 4.16. The lowest BCUT2D eigenvalue weighted by Gasteiger charge is -2.38. The summed E-state index contributed by atoms with van der Waals surface area (Å²) >= 11 is 0. The molecule has 1 amide bonds. The molecule has 5 nitrogen and oxygen atoms in total. The predicted molar refractivity (Wildman–Crippen MR) is 80.4 cm³/mol. The monoisotopic (exact) mass is 303 g/mol. The van der Waals surface area contributed by atoms with Crippen LogP contribution in [0.4, 0.5) is 0 Å². The molecule has 2 N–H and O–H groups in total. The van der Waals surface area contributed by atoms with Gasteiger partial charge in [-0.25, -0.2) is 0 Å². The summed E-state index contributed by atoms with van der Waals surface area (Å²) in [5.74, 6) is -1.86. The van der Waals surface area contributed by atoms with Gasteiger partial charge in [0.2, 0.25) is 5.91 Å². The van der Waals surface area contributed by atoms with Crippen LogP contribution in [0.15, 0.2) is 30.3 Å². The van der Waals surface area contributed by atoms with E-state index in [1.54, 1.807) is 0 Å². The van der Waals surface area contributed by atoms with Gasteiger partial charge in [0.05, 0.1) is 11.8 Å². The highest BCUT2D eigenvalue weighted by Crippen LogP contribution is 2.39. The summed E-state index contributed by atoms with van der Waals surface area (Å²) in [4.78, 5) is 23.0. The molecule has 3 rings (SSSR count). The molecule has 2 atom stereocenters. The minimum atomic E-state index is -0.871. The molecule has 0 bridgehead atoms. The predicted octanol–water partition coefficient (Wildman–Crippen LogP) is 1.57.